The van der Waals surface area contributed by atoms with Gasteiger partial charge >= 0.3 is 0 Å². The summed E-state index contributed by atoms with van der Waals surface area (Å²) in [6.07, 6.45) is 1.16. The molecule has 2 aromatic rings. The van der Waals surface area contributed by atoms with Gasteiger partial charge in [-0.15, -0.1) is 0 Å². The third-order valence-corrected chi connectivity index (χ3v) is 4.13. The van der Waals surface area contributed by atoms with Gasteiger partial charge in [-0.3, -0.25) is 4.79 Å². The molecule has 1 amide bonds. The maximum absolute atomic E-state index is 12.1. The average Bonchev–Trinajstić information content (AvgIpc) is 2.51. The number of amides is 1. The van der Waals surface area contributed by atoms with E-state index in [1.165, 1.54) is 0 Å². The first-order valence-electron chi connectivity index (χ1n) is 8.22. The highest BCUT2D eigenvalue weighted by molar-refractivity contribution is 6.31. The molecule has 0 fully saturated rings. The largest absolute Gasteiger partial charge is 0.481 e. The molecule has 2 rings (SSSR count). The summed E-state index contributed by atoms with van der Waals surface area (Å²) in [7, 11) is 0. The SMILES string of the molecule is Cc1cc(C)cc(OC(C)C(=O)NCCCc2ccccc2Cl)c1. The molecule has 0 heterocycles. The molecule has 1 atom stereocenters. The number of ether oxygens (including phenoxy) is 1. The van der Waals surface area contributed by atoms with E-state index in [9.17, 15) is 4.79 Å². The number of hydrogen-bond acceptors (Lipinski definition) is 2. The van der Waals surface area contributed by atoms with Crippen LogP contribution in [0.5, 0.6) is 5.75 Å². The number of rotatable bonds is 7. The summed E-state index contributed by atoms with van der Waals surface area (Å²) in [5.74, 6) is 0.625. The minimum atomic E-state index is -0.522. The minimum Gasteiger partial charge on any atom is -0.481 e. The first kappa shape index (κ1) is 18.3. The summed E-state index contributed by atoms with van der Waals surface area (Å²) in [5, 5.41) is 3.69. The van der Waals surface area contributed by atoms with E-state index in [4.69, 9.17) is 16.3 Å². The molecule has 0 aliphatic heterocycles. The van der Waals surface area contributed by atoms with Gasteiger partial charge in [-0.05, 0) is 68.5 Å². The van der Waals surface area contributed by atoms with Crippen LogP contribution in [0.1, 0.15) is 30.0 Å². The van der Waals surface area contributed by atoms with Crippen LogP contribution < -0.4 is 10.1 Å². The molecule has 0 saturated heterocycles. The number of carbonyl (C=O) groups is 1. The molecule has 1 unspecified atom stereocenters. The fraction of sp³-hybridized carbons (Fsp3) is 0.350. The topological polar surface area (TPSA) is 38.3 Å². The zero-order valence-electron chi connectivity index (χ0n) is 14.4. The van der Waals surface area contributed by atoms with Crippen molar-refractivity contribution in [3.8, 4) is 5.75 Å². The summed E-state index contributed by atoms with van der Waals surface area (Å²) in [5.41, 5.74) is 3.35. The lowest BCUT2D eigenvalue weighted by molar-refractivity contribution is -0.127. The van der Waals surface area contributed by atoms with Crippen molar-refractivity contribution in [1.29, 1.82) is 0 Å². The van der Waals surface area contributed by atoms with Crippen molar-refractivity contribution in [1.82, 2.24) is 5.32 Å². The molecule has 3 nitrogen and oxygen atoms in total. The molecule has 0 radical (unpaired) electrons. The van der Waals surface area contributed by atoms with E-state index in [0.29, 0.717) is 6.54 Å². The smallest absolute Gasteiger partial charge is 0.260 e. The van der Waals surface area contributed by atoms with Crippen molar-refractivity contribution >= 4 is 17.5 Å². The normalized spacial score (nSPS) is 11.8. The van der Waals surface area contributed by atoms with Crippen LogP contribution in [0, 0.1) is 13.8 Å². The van der Waals surface area contributed by atoms with E-state index in [-0.39, 0.29) is 5.91 Å². The van der Waals surface area contributed by atoms with Crippen molar-refractivity contribution in [2.75, 3.05) is 6.54 Å². The predicted molar refractivity (Wildman–Crippen MR) is 98.8 cm³/mol. The van der Waals surface area contributed by atoms with Crippen molar-refractivity contribution < 1.29 is 9.53 Å². The van der Waals surface area contributed by atoms with Gasteiger partial charge in [0.05, 0.1) is 0 Å². The van der Waals surface area contributed by atoms with E-state index in [1.54, 1.807) is 6.92 Å². The third-order valence-electron chi connectivity index (χ3n) is 3.76. The fourth-order valence-corrected chi connectivity index (χ4v) is 2.82. The highest BCUT2D eigenvalue weighted by Gasteiger charge is 2.14. The van der Waals surface area contributed by atoms with E-state index in [2.05, 4.69) is 11.4 Å². The molecule has 1 N–H and O–H groups in total. The summed E-state index contributed by atoms with van der Waals surface area (Å²) < 4.78 is 5.74. The van der Waals surface area contributed by atoms with Gasteiger partial charge in [0.2, 0.25) is 0 Å². The molecule has 128 valence electrons. The Bertz CT molecular complexity index is 680. The van der Waals surface area contributed by atoms with Gasteiger partial charge in [-0.25, -0.2) is 0 Å². The van der Waals surface area contributed by atoms with E-state index >= 15 is 0 Å². The molecule has 0 aliphatic rings. The molecule has 4 heteroatoms. The van der Waals surface area contributed by atoms with Gasteiger partial charge in [0.25, 0.3) is 5.91 Å². The molecule has 24 heavy (non-hydrogen) atoms. The molecule has 0 saturated carbocycles. The molecular formula is C20H24ClNO2. The van der Waals surface area contributed by atoms with Crippen LogP contribution in [-0.4, -0.2) is 18.6 Å². The zero-order valence-corrected chi connectivity index (χ0v) is 15.2. The average molecular weight is 346 g/mol. The second kappa shape index (κ2) is 8.74. The number of hydrogen-bond donors (Lipinski definition) is 1. The van der Waals surface area contributed by atoms with Gasteiger partial charge in [0.15, 0.2) is 6.10 Å². The quantitative estimate of drug-likeness (QED) is 0.752. The highest BCUT2D eigenvalue weighted by atomic mass is 35.5. The van der Waals surface area contributed by atoms with Crippen molar-refractivity contribution in [3.05, 3.63) is 64.2 Å². The fourth-order valence-electron chi connectivity index (χ4n) is 2.59. The van der Waals surface area contributed by atoms with Gasteiger partial charge in [0, 0.05) is 11.6 Å². The zero-order chi connectivity index (χ0) is 17.5. The molecule has 0 aromatic heterocycles. The van der Waals surface area contributed by atoms with Gasteiger partial charge in [-0.2, -0.15) is 0 Å². The summed E-state index contributed by atoms with van der Waals surface area (Å²) in [6, 6.07) is 13.7. The lowest BCUT2D eigenvalue weighted by Gasteiger charge is -2.15. The Balaban J connectivity index is 1.76. The van der Waals surface area contributed by atoms with Gasteiger partial charge in [0.1, 0.15) is 5.75 Å². The highest BCUT2D eigenvalue weighted by Crippen LogP contribution is 2.18. The summed E-state index contributed by atoms with van der Waals surface area (Å²) >= 11 is 6.12. The molecule has 2 aromatic carbocycles. The Labute approximate surface area is 149 Å². The molecule has 0 aliphatic carbocycles. The number of halogens is 1. The van der Waals surface area contributed by atoms with Crippen LogP contribution >= 0.6 is 11.6 Å². The number of carbonyl (C=O) groups excluding carboxylic acids is 1. The second-order valence-corrected chi connectivity index (χ2v) is 6.48. The lowest BCUT2D eigenvalue weighted by Crippen LogP contribution is -2.37. The first-order chi connectivity index (χ1) is 11.5. The van der Waals surface area contributed by atoms with Gasteiger partial charge in [-0.1, -0.05) is 35.9 Å². The number of benzene rings is 2. The maximum atomic E-state index is 12.1. The van der Waals surface area contributed by atoms with E-state index in [0.717, 1.165) is 40.3 Å². The van der Waals surface area contributed by atoms with Crippen LogP contribution in [0.3, 0.4) is 0 Å². The van der Waals surface area contributed by atoms with E-state index < -0.39 is 6.10 Å². The standard InChI is InChI=1S/C20H24ClNO2/c1-14-11-15(2)13-18(12-14)24-16(3)20(23)22-10-6-8-17-7-4-5-9-19(17)21/h4-5,7,9,11-13,16H,6,8,10H2,1-3H3,(H,22,23). The Morgan fingerprint density at radius 2 is 1.83 bits per heavy atom. The number of nitrogens with one attached hydrogen (secondary N) is 1. The molecule has 0 bridgehead atoms. The second-order valence-electron chi connectivity index (χ2n) is 6.07. The van der Waals surface area contributed by atoms with Crippen LogP contribution in [-0.2, 0) is 11.2 Å². The van der Waals surface area contributed by atoms with Crippen molar-refractivity contribution in [2.45, 2.75) is 39.7 Å². The summed E-state index contributed by atoms with van der Waals surface area (Å²) in [6.45, 7) is 6.39. The Hall–Kier alpha value is -2.00. The van der Waals surface area contributed by atoms with Crippen molar-refractivity contribution in [2.24, 2.45) is 0 Å². The predicted octanol–water partition coefficient (Wildman–Crippen LogP) is 4.47. The molecule has 0 spiro atoms. The first-order valence-corrected chi connectivity index (χ1v) is 8.59. The van der Waals surface area contributed by atoms with Crippen molar-refractivity contribution in [3.63, 3.8) is 0 Å². The van der Waals surface area contributed by atoms with E-state index in [1.807, 2.05) is 50.2 Å². The van der Waals surface area contributed by atoms with Crippen LogP contribution in [0.4, 0.5) is 0 Å². The number of aryl methyl sites for hydroxylation is 3. The third kappa shape index (κ3) is 5.57. The van der Waals surface area contributed by atoms with Crippen LogP contribution in [0.25, 0.3) is 0 Å². The maximum Gasteiger partial charge on any atom is 0.260 e. The van der Waals surface area contributed by atoms with Crippen LogP contribution in [0.15, 0.2) is 42.5 Å². The van der Waals surface area contributed by atoms with Gasteiger partial charge < -0.3 is 10.1 Å². The Kier molecular flexibility index (Phi) is 6.68. The monoisotopic (exact) mass is 345 g/mol. The van der Waals surface area contributed by atoms with Crippen LogP contribution in [0.2, 0.25) is 5.02 Å². The Morgan fingerprint density at radius 1 is 1.17 bits per heavy atom. The lowest BCUT2D eigenvalue weighted by atomic mass is 10.1. The summed E-state index contributed by atoms with van der Waals surface area (Å²) in [4.78, 5) is 12.1. The minimum absolute atomic E-state index is 0.103. The Morgan fingerprint density at radius 3 is 2.50 bits per heavy atom. The molecular weight excluding hydrogens is 322 g/mol.